The van der Waals surface area contributed by atoms with Crippen LogP contribution in [0.5, 0.6) is 0 Å². The standard InChI is InChI=1S/C15H15NOS/c1-2-11-16-12-7-3-5-9-14(12)18(17)15-10-6-4-8-13(15)16/h3-10H,2,11H2,1H3. The Kier molecular flexibility index (Phi) is 2.92. The van der Waals surface area contributed by atoms with Gasteiger partial charge in [-0.1, -0.05) is 31.2 Å². The summed E-state index contributed by atoms with van der Waals surface area (Å²) in [6.07, 6.45) is 1.06. The Morgan fingerprint density at radius 1 is 0.944 bits per heavy atom. The number of fused-ring (bicyclic) bond motifs is 2. The number of hydrogen-bond donors (Lipinski definition) is 0. The van der Waals surface area contributed by atoms with E-state index in [9.17, 15) is 4.21 Å². The number of para-hydroxylation sites is 2. The maximum absolute atomic E-state index is 12.5. The second-order valence-corrected chi connectivity index (χ2v) is 5.77. The molecule has 2 aromatic carbocycles. The summed E-state index contributed by atoms with van der Waals surface area (Å²) >= 11 is 0. The Hall–Kier alpha value is -1.61. The molecule has 0 radical (unpaired) electrons. The van der Waals surface area contributed by atoms with E-state index in [1.165, 1.54) is 0 Å². The van der Waals surface area contributed by atoms with Crippen LogP contribution in [0.25, 0.3) is 0 Å². The van der Waals surface area contributed by atoms with Gasteiger partial charge in [0.05, 0.1) is 32.0 Å². The fourth-order valence-corrected chi connectivity index (χ4v) is 3.76. The highest BCUT2D eigenvalue weighted by Crippen LogP contribution is 2.41. The lowest BCUT2D eigenvalue weighted by Gasteiger charge is -2.32. The molecule has 0 spiro atoms. The lowest BCUT2D eigenvalue weighted by molar-refractivity contribution is 0.680. The third-order valence-corrected chi connectivity index (χ3v) is 4.65. The smallest absolute Gasteiger partial charge is 0.0892 e. The predicted octanol–water partition coefficient (Wildman–Crippen LogP) is 3.71. The molecule has 0 N–H and O–H groups in total. The second kappa shape index (κ2) is 4.58. The fourth-order valence-electron chi connectivity index (χ4n) is 2.39. The first-order chi connectivity index (χ1) is 8.83. The molecule has 18 heavy (non-hydrogen) atoms. The Morgan fingerprint density at radius 3 is 1.94 bits per heavy atom. The van der Waals surface area contributed by atoms with Crippen molar-refractivity contribution >= 4 is 22.2 Å². The van der Waals surface area contributed by atoms with Crippen molar-refractivity contribution in [3.8, 4) is 0 Å². The number of rotatable bonds is 2. The van der Waals surface area contributed by atoms with Crippen molar-refractivity contribution in [1.29, 1.82) is 0 Å². The van der Waals surface area contributed by atoms with Gasteiger partial charge in [-0.25, -0.2) is 4.21 Å². The molecule has 0 aliphatic carbocycles. The molecule has 1 aliphatic rings. The molecular formula is C15H15NOS. The van der Waals surface area contributed by atoms with Crippen LogP contribution >= 0.6 is 0 Å². The van der Waals surface area contributed by atoms with Crippen LogP contribution in [0.4, 0.5) is 11.4 Å². The van der Waals surface area contributed by atoms with Gasteiger partial charge >= 0.3 is 0 Å². The summed E-state index contributed by atoms with van der Waals surface area (Å²) in [7, 11) is -1.06. The first kappa shape index (κ1) is 11.5. The van der Waals surface area contributed by atoms with Crippen molar-refractivity contribution in [1.82, 2.24) is 0 Å². The lowest BCUT2D eigenvalue weighted by Crippen LogP contribution is -2.24. The molecule has 3 rings (SSSR count). The van der Waals surface area contributed by atoms with Crippen LogP contribution in [0, 0.1) is 0 Å². The molecule has 3 heteroatoms. The minimum Gasteiger partial charge on any atom is -0.340 e. The van der Waals surface area contributed by atoms with E-state index in [-0.39, 0.29) is 0 Å². The van der Waals surface area contributed by atoms with Crippen LogP contribution in [-0.2, 0) is 10.8 Å². The molecule has 1 aliphatic heterocycles. The van der Waals surface area contributed by atoms with Crippen LogP contribution in [0.3, 0.4) is 0 Å². The average molecular weight is 257 g/mol. The number of hydrogen-bond acceptors (Lipinski definition) is 2. The van der Waals surface area contributed by atoms with Gasteiger partial charge in [-0.2, -0.15) is 0 Å². The zero-order valence-electron chi connectivity index (χ0n) is 10.3. The Morgan fingerprint density at radius 2 is 1.44 bits per heavy atom. The summed E-state index contributed by atoms with van der Waals surface area (Å²) in [5.41, 5.74) is 2.16. The molecule has 0 saturated carbocycles. The van der Waals surface area contributed by atoms with Crippen LogP contribution < -0.4 is 4.90 Å². The van der Waals surface area contributed by atoms with Gasteiger partial charge in [-0.3, -0.25) is 0 Å². The van der Waals surface area contributed by atoms with Gasteiger partial charge in [-0.15, -0.1) is 0 Å². The summed E-state index contributed by atoms with van der Waals surface area (Å²) in [6, 6.07) is 16.0. The molecule has 2 aromatic rings. The van der Waals surface area contributed by atoms with Gasteiger partial charge < -0.3 is 4.90 Å². The molecule has 0 bridgehead atoms. The zero-order chi connectivity index (χ0) is 12.5. The zero-order valence-corrected chi connectivity index (χ0v) is 11.1. The van der Waals surface area contributed by atoms with E-state index in [1.54, 1.807) is 0 Å². The first-order valence-electron chi connectivity index (χ1n) is 6.20. The summed E-state index contributed by atoms with van der Waals surface area (Å²) in [6.45, 7) is 3.11. The Balaban J connectivity index is 2.23. The number of benzene rings is 2. The van der Waals surface area contributed by atoms with Crippen molar-refractivity contribution in [2.75, 3.05) is 11.4 Å². The van der Waals surface area contributed by atoms with E-state index in [4.69, 9.17) is 0 Å². The predicted molar refractivity (Wildman–Crippen MR) is 74.9 cm³/mol. The molecule has 0 aromatic heterocycles. The molecule has 0 fully saturated rings. The molecular weight excluding hydrogens is 242 g/mol. The van der Waals surface area contributed by atoms with E-state index in [2.05, 4.69) is 24.0 Å². The van der Waals surface area contributed by atoms with E-state index in [0.717, 1.165) is 34.1 Å². The van der Waals surface area contributed by atoms with E-state index >= 15 is 0 Å². The first-order valence-corrected chi connectivity index (χ1v) is 7.35. The van der Waals surface area contributed by atoms with Crippen LogP contribution in [0.2, 0.25) is 0 Å². The average Bonchev–Trinajstić information content (AvgIpc) is 2.43. The van der Waals surface area contributed by atoms with Gasteiger partial charge in [0, 0.05) is 6.54 Å². The highest BCUT2D eigenvalue weighted by Gasteiger charge is 2.26. The minimum atomic E-state index is -1.06. The maximum atomic E-state index is 12.5. The second-order valence-electron chi connectivity index (χ2n) is 4.36. The summed E-state index contributed by atoms with van der Waals surface area (Å²) < 4.78 is 12.5. The van der Waals surface area contributed by atoms with Crippen molar-refractivity contribution in [2.24, 2.45) is 0 Å². The largest absolute Gasteiger partial charge is 0.340 e. The van der Waals surface area contributed by atoms with Crippen molar-refractivity contribution in [2.45, 2.75) is 23.1 Å². The maximum Gasteiger partial charge on any atom is 0.0892 e. The van der Waals surface area contributed by atoms with Crippen LogP contribution in [-0.4, -0.2) is 10.8 Å². The highest BCUT2D eigenvalue weighted by atomic mass is 32.2. The molecule has 0 atom stereocenters. The molecule has 2 nitrogen and oxygen atoms in total. The summed E-state index contributed by atoms with van der Waals surface area (Å²) in [5, 5.41) is 0. The highest BCUT2D eigenvalue weighted by molar-refractivity contribution is 7.85. The van der Waals surface area contributed by atoms with Crippen molar-refractivity contribution in [3.05, 3.63) is 48.5 Å². The molecule has 0 saturated heterocycles. The molecule has 92 valence electrons. The molecule has 0 unspecified atom stereocenters. The summed E-state index contributed by atoms with van der Waals surface area (Å²) in [5.74, 6) is 0. The SMILES string of the molecule is CCCN1c2ccccc2S(=O)c2ccccc21. The van der Waals surface area contributed by atoms with Crippen molar-refractivity contribution in [3.63, 3.8) is 0 Å². The summed E-state index contributed by atoms with van der Waals surface area (Å²) in [4.78, 5) is 4.11. The number of anilines is 2. The molecule has 0 amide bonds. The lowest BCUT2D eigenvalue weighted by atomic mass is 10.2. The Labute approximate surface area is 110 Å². The van der Waals surface area contributed by atoms with E-state index in [0.29, 0.717) is 0 Å². The monoisotopic (exact) mass is 257 g/mol. The van der Waals surface area contributed by atoms with Gasteiger partial charge in [0.25, 0.3) is 0 Å². The normalized spacial score (nSPS) is 14.2. The molecule has 1 heterocycles. The quantitative estimate of drug-likeness (QED) is 0.817. The van der Waals surface area contributed by atoms with E-state index < -0.39 is 10.8 Å². The van der Waals surface area contributed by atoms with Gasteiger partial charge in [-0.05, 0) is 30.7 Å². The van der Waals surface area contributed by atoms with Gasteiger partial charge in [0.15, 0.2) is 0 Å². The third kappa shape index (κ3) is 1.66. The van der Waals surface area contributed by atoms with Crippen molar-refractivity contribution < 1.29 is 4.21 Å². The number of nitrogens with zero attached hydrogens (tertiary/aromatic N) is 1. The third-order valence-electron chi connectivity index (χ3n) is 3.16. The van der Waals surface area contributed by atoms with E-state index in [1.807, 2.05) is 36.4 Å². The van der Waals surface area contributed by atoms with Crippen LogP contribution in [0.1, 0.15) is 13.3 Å². The van der Waals surface area contributed by atoms with Crippen LogP contribution in [0.15, 0.2) is 58.3 Å². The van der Waals surface area contributed by atoms with Gasteiger partial charge in [0.2, 0.25) is 0 Å². The fraction of sp³-hybridized carbons (Fsp3) is 0.200. The minimum absolute atomic E-state index is 0.921. The topological polar surface area (TPSA) is 20.3 Å². The van der Waals surface area contributed by atoms with Gasteiger partial charge in [0.1, 0.15) is 0 Å². The Bertz CT molecular complexity index is 559.